The third-order valence-electron chi connectivity index (χ3n) is 2.95. The van der Waals surface area contributed by atoms with Crippen LogP contribution in [0, 0.1) is 0 Å². The summed E-state index contributed by atoms with van der Waals surface area (Å²) in [4.78, 5) is 13.8. The molecule has 0 unspecified atom stereocenters. The molecular formula is C16H12F3NO5S. The summed E-state index contributed by atoms with van der Waals surface area (Å²) in [5.74, 6) is -1.26. The molecule has 0 heterocycles. The smallest absolute Gasteiger partial charge is 0.478 e. The fraction of sp³-hybridized carbons (Fsp3) is 0.0625. The standard InChI is InChI=1S/C16H12F3NO5S/c17-16(18,19)25-20(13-6-2-1-3-7-13)26(23,24)14-8-4-5-12(11-14)9-10-15(21)22/h1-11H,(H,21,22). The van der Waals surface area contributed by atoms with Crippen molar-refractivity contribution in [3.05, 3.63) is 66.2 Å². The predicted octanol–water partition coefficient (Wildman–Crippen LogP) is 3.43. The van der Waals surface area contributed by atoms with Crippen LogP contribution in [0.25, 0.3) is 6.08 Å². The monoisotopic (exact) mass is 387 g/mol. The van der Waals surface area contributed by atoms with E-state index in [0.717, 1.165) is 36.4 Å². The molecule has 0 atom stereocenters. The first-order valence-electron chi connectivity index (χ1n) is 6.97. The van der Waals surface area contributed by atoms with E-state index in [-0.39, 0.29) is 15.7 Å². The largest absolute Gasteiger partial charge is 0.544 e. The highest BCUT2D eigenvalue weighted by Gasteiger charge is 2.39. The molecule has 6 nitrogen and oxygen atoms in total. The van der Waals surface area contributed by atoms with E-state index >= 15 is 0 Å². The average molecular weight is 387 g/mol. The van der Waals surface area contributed by atoms with E-state index in [0.29, 0.717) is 0 Å². The lowest BCUT2D eigenvalue weighted by Crippen LogP contribution is -2.36. The van der Waals surface area contributed by atoms with Crippen molar-refractivity contribution < 1.29 is 36.3 Å². The van der Waals surface area contributed by atoms with E-state index in [1.165, 1.54) is 30.3 Å². The topological polar surface area (TPSA) is 83.9 Å². The van der Waals surface area contributed by atoms with Crippen molar-refractivity contribution >= 4 is 27.8 Å². The van der Waals surface area contributed by atoms with Gasteiger partial charge in [-0.3, -0.25) is 0 Å². The van der Waals surface area contributed by atoms with E-state index in [2.05, 4.69) is 4.84 Å². The van der Waals surface area contributed by atoms with Crippen molar-refractivity contribution in [2.45, 2.75) is 11.3 Å². The van der Waals surface area contributed by atoms with Gasteiger partial charge in [-0.25, -0.2) is 4.79 Å². The first-order valence-corrected chi connectivity index (χ1v) is 8.41. The number of hydrogen-bond acceptors (Lipinski definition) is 4. The number of halogens is 3. The molecular weight excluding hydrogens is 375 g/mol. The molecule has 0 radical (unpaired) electrons. The van der Waals surface area contributed by atoms with Crippen molar-refractivity contribution in [2.24, 2.45) is 0 Å². The van der Waals surface area contributed by atoms with Gasteiger partial charge in [0, 0.05) is 6.08 Å². The Morgan fingerprint density at radius 1 is 1.08 bits per heavy atom. The van der Waals surface area contributed by atoms with Crippen molar-refractivity contribution in [2.75, 3.05) is 4.47 Å². The van der Waals surface area contributed by atoms with Gasteiger partial charge in [0.15, 0.2) is 0 Å². The Hall–Kier alpha value is -2.85. The maximum Gasteiger partial charge on any atom is 0.544 e. The van der Waals surface area contributed by atoms with Gasteiger partial charge >= 0.3 is 12.3 Å². The molecule has 138 valence electrons. The molecule has 0 fully saturated rings. The lowest BCUT2D eigenvalue weighted by molar-refractivity contribution is -0.322. The van der Waals surface area contributed by atoms with Crippen LogP contribution in [0.2, 0.25) is 0 Å². The zero-order valence-corrected chi connectivity index (χ0v) is 13.7. The van der Waals surface area contributed by atoms with Crippen molar-refractivity contribution in [1.29, 1.82) is 0 Å². The third-order valence-corrected chi connectivity index (χ3v) is 4.52. The number of sulfonamides is 1. The first-order chi connectivity index (χ1) is 12.1. The molecule has 0 saturated heterocycles. The van der Waals surface area contributed by atoms with Crippen LogP contribution in [0.3, 0.4) is 0 Å². The van der Waals surface area contributed by atoms with Gasteiger partial charge in [-0.1, -0.05) is 30.3 Å². The number of carboxylic acid groups (broad SMARTS) is 1. The fourth-order valence-corrected chi connectivity index (χ4v) is 3.24. The predicted molar refractivity (Wildman–Crippen MR) is 86.4 cm³/mol. The summed E-state index contributed by atoms with van der Waals surface area (Å²) in [6, 6.07) is 11.2. The van der Waals surface area contributed by atoms with Crippen LogP contribution in [-0.2, 0) is 19.7 Å². The first kappa shape index (κ1) is 19.5. The molecule has 2 aromatic carbocycles. The molecule has 2 rings (SSSR count). The zero-order chi connectivity index (χ0) is 19.4. The number of carbonyl (C=O) groups is 1. The van der Waals surface area contributed by atoms with Gasteiger partial charge in [0.2, 0.25) is 0 Å². The number of para-hydroxylation sites is 1. The number of hydrogen-bond donors (Lipinski definition) is 1. The second kappa shape index (κ2) is 7.58. The molecule has 0 amide bonds. The van der Waals surface area contributed by atoms with E-state index in [1.807, 2.05) is 0 Å². The number of alkyl halides is 3. The molecule has 26 heavy (non-hydrogen) atoms. The number of benzene rings is 2. The minimum Gasteiger partial charge on any atom is -0.478 e. The van der Waals surface area contributed by atoms with Gasteiger partial charge in [0.1, 0.15) is 0 Å². The lowest BCUT2D eigenvalue weighted by Gasteiger charge is -2.24. The molecule has 0 spiro atoms. The van der Waals surface area contributed by atoms with E-state index in [9.17, 15) is 26.4 Å². The summed E-state index contributed by atoms with van der Waals surface area (Å²) < 4.78 is 63.3. The summed E-state index contributed by atoms with van der Waals surface area (Å²) in [6.45, 7) is 0. The van der Waals surface area contributed by atoms with Crippen LogP contribution >= 0.6 is 0 Å². The number of aliphatic carboxylic acids is 1. The summed E-state index contributed by atoms with van der Waals surface area (Å²) in [7, 11) is -4.74. The fourth-order valence-electron chi connectivity index (χ4n) is 1.93. The maximum atomic E-state index is 12.7. The lowest BCUT2D eigenvalue weighted by atomic mass is 10.2. The van der Waals surface area contributed by atoms with E-state index in [1.54, 1.807) is 0 Å². The molecule has 0 aliphatic rings. The Balaban J connectivity index is 2.50. The zero-order valence-electron chi connectivity index (χ0n) is 12.9. The van der Waals surface area contributed by atoms with Crippen LogP contribution in [0.4, 0.5) is 18.9 Å². The van der Waals surface area contributed by atoms with Gasteiger partial charge in [-0.2, -0.15) is 13.3 Å². The molecule has 10 heteroatoms. The minimum atomic E-state index is -5.25. The van der Waals surface area contributed by atoms with Crippen molar-refractivity contribution in [3.8, 4) is 0 Å². The number of carboxylic acids is 1. The normalized spacial score (nSPS) is 12.3. The SMILES string of the molecule is O=C(O)C=Cc1cccc(S(=O)(=O)N(OC(F)(F)F)c2ccccc2)c1. The molecule has 2 aromatic rings. The van der Waals surface area contributed by atoms with Crippen LogP contribution in [-0.4, -0.2) is 25.9 Å². The molecule has 0 bridgehead atoms. The second-order valence-corrected chi connectivity index (χ2v) is 6.60. The van der Waals surface area contributed by atoms with Crippen LogP contribution in [0.1, 0.15) is 5.56 Å². The van der Waals surface area contributed by atoms with Crippen LogP contribution in [0.5, 0.6) is 0 Å². The quantitative estimate of drug-likeness (QED) is 0.606. The highest BCUT2D eigenvalue weighted by molar-refractivity contribution is 7.92. The second-order valence-electron chi connectivity index (χ2n) is 4.85. The van der Waals surface area contributed by atoms with E-state index < -0.39 is 27.3 Å². The Bertz CT molecular complexity index is 911. The summed E-state index contributed by atoms with van der Waals surface area (Å²) in [5.41, 5.74) is -0.176. The van der Waals surface area contributed by atoms with Crippen LogP contribution in [0.15, 0.2) is 65.6 Å². The molecule has 1 N–H and O–H groups in total. The Morgan fingerprint density at radius 2 is 1.73 bits per heavy atom. The summed E-state index contributed by atoms with van der Waals surface area (Å²) in [5, 5.41) is 8.61. The number of rotatable bonds is 6. The van der Waals surface area contributed by atoms with Crippen molar-refractivity contribution in [3.63, 3.8) is 0 Å². The molecule has 0 aromatic heterocycles. The molecule has 0 aliphatic carbocycles. The molecule has 0 aliphatic heterocycles. The Labute approximate surface area is 146 Å². The number of nitrogens with zero attached hydrogens (tertiary/aromatic N) is 1. The summed E-state index contributed by atoms with van der Waals surface area (Å²) >= 11 is 0. The highest BCUT2D eigenvalue weighted by Crippen LogP contribution is 2.29. The van der Waals surface area contributed by atoms with Gasteiger partial charge < -0.3 is 5.11 Å². The number of anilines is 1. The van der Waals surface area contributed by atoms with Gasteiger partial charge in [-0.15, -0.1) is 17.6 Å². The minimum absolute atomic E-state index is 0.175. The van der Waals surface area contributed by atoms with Crippen molar-refractivity contribution in [1.82, 2.24) is 0 Å². The van der Waals surface area contributed by atoms with Gasteiger partial charge in [-0.05, 0) is 35.9 Å². The van der Waals surface area contributed by atoms with Gasteiger partial charge in [0.25, 0.3) is 10.0 Å². The maximum absolute atomic E-state index is 12.7. The third kappa shape index (κ3) is 5.07. The Kier molecular flexibility index (Phi) is 5.68. The molecule has 0 saturated carbocycles. The Morgan fingerprint density at radius 3 is 2.31 bits per heavy atom. The summed E-state index contributed by atoms with van der Waals surface area (Å²) in [6.07, 6.45) is -3.37. The highest BCUT2D eigenvalue weighted by atomic mass is 32.2. The van der Waals surface area contributed by atoms with Gasteiger partial charge in [0.05, 0.1) is 10.6 Å². The van der Waals surface area contributed by atoms with E-state index in [4.69, 9.17) is 5.11 Å². The average Bonchev–Trinajstić information content (AvgIpc) is 2.58. The van der Waals surface area contributed by atoms with Crippen LogP contribution < -0.4 is 4.47 Å².